The normalized spacial score (nSPS) is 10.2. The summed E-state index contributed by atoms with van der Waals surface area (Å²) in [6.07, 6.45) is 0. The van der Waals surface area contributed by atoms with E-state index in [2.05, 4.69) is 15.0 Å². The third-order valence-electron chi connectivity index (χ3n) is 2.61. The minimum absolute atomic E-state index is 0.122. The Morgan fingerprint density at radius 3 is 2.68 bits per heavy atom. The molecule has 19 heavy (non-hydrogen) atoms. The molecular formula is C12H11N3O4. The first kappa shape index (κ1) is 12.7. The zero-order chi connectivity index (χ0) is 14.0. The molecule has 1 aromatic heterocycles. The van der Waals surface area contributed by atoms with Gasteiger partial charge in [-0.1, -0.05) is 11.3 Å². The van der Waals surface area contributed by atoms with E-state index < -0.39 is 11.9 Å². The fourth-order valence-electron chi connectivity index (χ4n) is 1.65. The van der Waals surface area contributed by atoms with E-state index >= 15 is 0 Å². The SMILES string of the molecule is COC(=O)c1cccc(-n2nnc(C(=O)O)c2C)c1. The summed E-state index contributed by atoms with van der Waals surface area (Å²) in [5, 5.41) is 16.3. The predicted octanol–water partition coefficient (Wildman–Crippen LogP) is 1.06. The topological polar surface area (TPSA) is 94.3 Å². The summed E-state index contributed by atoms with van der Waals surface area (Å²) in [4.78, 5) is 22.3. The summed E-state index contributed by atoms with van der Waals surface area (Å²) in [7, 11) is 1.29. The van der Waals surface area contributed by atoms with Gasteiger partial charge >= 0.3 is 11.9 Å². The molecule has 0 unspecified atom stereocenters. The second-order valence-corrected chi connectivity index (χ2v) is 3.78. The van der Waals surface area contributed by atoms with E-state index in [1.165, 1.54) is 11.8 Å². The number of hydrogen-bond donors (Lipinski definition) is 1. The van der Waals surface area contributed by atoms with Crippen molar-refractivity contribution in [3.63, 3.8) is 0 Å². The van der Waals surface area contributed by atoms with Gasteiger partial charge in [0.05, 0.1) is 24.1 Å². The van der Waals surface area contributed by atoms with Crippen LogP contribution in [0.2, 0.25) is 0 Å². The molecule has 0 amide bonds. The van der Waals surface area contributed by atoms with E-state index in [0.717, 1.165) is 0 Å². The maximum Gasteiger partial charge on any atom is 0.358 e. The van der Waals surface area contributed by atoms with Crippen LogP contribution >= 0.6 is 0 Å². The number of carboxylic acids is 1. The largest absolute Gasteiger partial charge is 0.476 e. The van der Waals surface area contributed by atoms with Crippen molar-refractivity contribution in [1.29, 1.82) is 0 Å². The van der Waals surface area contributed by atoms with Crippen molar-refractivity contribution in [2.24, 2.45) is 0 Å². The van der Waals surface area contributed by atoms with Crippen molar-refractivity contribution in [3.05, 3.63) is 41.2 Å². The Hall–Kier alpha value is -2.70. The fourth-order valence-corrected chi connectivity index (χ4v) is 1.65. The number of ether oxygens (including phenoxy) is 1. The number of esters is 1. The molecular weight excluding hydrogens is 250 g/mol. The van der Waals surface area contributed by atoms with Crippen molar-refractivity contribution in [3.8, 4) is 5.69 Å². The molecule has 0 spiro atoms. The molecule has 0 aliphatic carbocycles. The monoisotopic (exact) mass is 261 g/mol. The Morgan fingerprint density at radius 2 is 2.11 bits per heavy atom. The lowest BCUT2D eigenvalue weighted by atomic mass is 10.2. The van der Waals surface area contributed by atoms with Gasteiger partial charge in [-0.15, -0.1) is 5.10 Å². The van der Waals surface area contributed by atoms with E-state index in [9.17, 15) is 9.59 Å². The van der Waals surface area contributed by atoms with Crippen LogP contribution in [0.4, 0.5) is 0 Å². The zero-order valence-corrected chi connectivity index (χ0v) is 10.3. The van der Waals surface area contributed by atoms with E-state index in [4.69, 9.17) is 5.11 Å². The first-order valence-corrected chi connectivity index (χ1v) is 5.39. The van der Waals surface area contributed by atoms with Gasteiger partial charge in [-0.05, 0) is 25.1 Å². The summed E-state index contributed by atoms with van der Waals surface area (Å²) in [5.41, 5.74) is 1.16. The second-order valence-electron chi connectivity index (χ2n) is 3.78. The van der Waals surface area contributed by atoms with Gasteiger partial charge in [-0.25, -0.2) is 14.3 Å². The van der Waals surface area contributed by atoms with Gasteiger partial charge < -0.3 is 9.84 Å². The van der Waals surface area contributed by atoms with Gasteiger partial charge in [0, 0.05) is 0 Å². The van der Waals surface area contributed by atoms with Gasteiger partial charge in [-0.2, -0.15) is 0 Å². The minimum atomic E-state index is -1.15. The fraction of sp³-hybridized carbons (Fsp3) is 0.167. The van der Waals surface area contributed by atoms with Crippen LogP contribution in [-0.4, -0.2) is 39.1 Å². The van der Waals surface area contributed by atoms with Crippen LogP contribution in [0.25, 0.3) is 5.69 Å². The van der Waals surface area contributed by atoms with Gasteiger partial charge in [0.15, 0.2) is 5.69 Å². The summed E-state index contributed by atoms with van der Waals surface area (Å²) in [5.74, 6) is -1.62. The van der Waals surface area contributed by atoms with E-state index in [-0.39, 0.29) is 5.69 Å². The number of aromatic nitrogens is 3. The standard InChI is InChI=1S/C12H11N3O4/c1-7-10(11(16)17)13-14-15(7)9-5-3-4-8(6-9)12(18)19-2/h3-6H,1-2H3,(H,16,17). The quantitative estimate of drug-likeness (QED) is 0.830. The molecule has 98 valence electrons. The molecule has 2 aromatic rings. The van der Waals surface area contributed by atoms with Crippen LogP contribution in [0, 0.1) is 6.92 Å². The maximum atomic E-state index is 11.4. The highest BCUT2D eigenvalue weighted by Crippen LogP contribution is 2.14. The van der Waals surface area contributed by atoms with E-state index in [0.29, 0.717) is 16.9 Å². The highest BCUT2D eigenvalue weighted by molar-refractivity contribution is 5.90. The molecule has 0 saturated carbocycles. The molecule has 1 N–H and O–H groups in total. The number of hydrogen-bond acceptors (Lipinski definition) is 5. The van der Waals surface area contributed by atoms with Crippen LogP contribution in [0.5, 0.6) is 0 Å². The van der Waals surface area contributed by atoms with Crippen molar-refractivity contribution in [2.45, 2.75) is 6.92 Å². The van der Waals surface area contributed by atoms with E-state index in [1.54, 1.807) is 31.2 Å². The van der Waals surface area contributed by atoms with E-state index in [1.807, 2.05) is 0 Å². The Bertz CT molecular complexity index is 648. The molecule has 1 aromatic carbocycles. The lowest BCUT2D eigenvalue weighted by Crippen LogP contribution is -2.05. The van der Waals surface area contributed by atoms with Crippen molar-refractivity contribution in [1.82, 2.24) is 15.0 Å². The number of aromatic carboxylic acids is 1. The summed E-state index contributed by atoms with van der Waals surface area (Å²) < 4.78 is 5.98. The second kappa shape index (κ2) is 4.89. The molecule has 0 aliphatic heterocycles. The van der Waals surface area contributed by atoms with Crippen LogP contribution in [0.15, 0.2) is 24.3 Å². The Morgan fingerprint density at radius 1 is 1.37 bits per heavy atom. The lowest BCUT2D eigenvalue weighted by Gasteiger charge is -2.05. The summed E-state index contributed by atoms with van der Waals surface area (Å²) >= 11 is 0. The number of carbonyl (C=O) groups is 2. The maximum absolute atomic E-state index is 11.4. The average molecular weight is 261 g/mol. The number of benzene rings is 1. The van der Waals surface area contributed by atoms with Gasteiger partial charge in [0.1, 0.15) is 0 Å². The van der Waals surface area contributed by atoms with Crippen LogP contribution in [0.1, 0.15) is 26.5 Å². The average Bonchev–Trinajstić information content (AvgIpc) is 2.80. The Kier molecular flexibility index (Phi) is 3.28. The molecule has 1 heterocycles. The minimum Gasteiger partial charge on any atom is -0.476 e. The zero-order valence-electron chi connectivity index (χ0n) is 10.3. The van der Waals surface area contributed by atoms with Gasteiger partial charge in [0.2, 0.25) is 0 Å². The summed E-state index contributed by atoms with van der Waals surface area (Å²) in [6.45, 7) is 1.59. The van der Waals surface area contributed by atoms with Gasteiger partial charge in [-0.3, -0.25) is 0 Å². The molecule has 7 heteroatoms. The van der Waals surface area contributed by atoms with Crippen LogP contribution in [-0.2, 0) is 4.74 Å². The van der Waals surface area contributed by atoms with Crippen LogP contribution in [0.3, 0.4) is 0 Å². The molecule has 0 fully saturated rings. The molecule has 0 saturated heterocycles. The molecule has 0 aliphatic rings. The first-order chi connectivity index (χ1) is 9.04. The third kappa shape index (κ3) is 2.30. The first-order valence-electron chi connectivity index (χ1n) is 5.39. The lowest BCUT2D eigenvalue weighted by molar-refractivity contribution is 0.0599. The molecule has 2 rings (SSSR count). The predicted molar refractivity (Wildman–Crippen MR) is 64.4 cm³/mol. The Balaban J connectivity index is 2.48. The van der Waals surface area contributed by atoms with Gasteiger partial charge in [0.25, 0.3) is 0 Å². The number of carboxylic acid groups (broad SMARTS) is 1. The summed E-state index contributed by atoms with van der Waals surface area (Å²) in [6, 6.07) is 6.50. The molecule has 0 radical (unpaired) electrons. The number of carbonyl (C=O) groups excluding carboxylic acids is 1. The molecule has 0 atom stereocenters. The number of rotatable bonds is 3. The van der Waals surface area contributed by atoms with Crippen LogP contribution < -0.4 is 0 Å². The smallest absolute Gasteiger partial charge is 0.358 e. The molecule has 7 nitrogen and oxygen atoms in total. The van der Waals surface area contributed by atoms with Crippen molar-refractivity contribution < 1.29 is 19.4 Å². The highest BCUT2D eigenvalue weighted by Gasteiger charge is 2.16. The molecule has 0 bridgehead atoms. The third-order valence-corrected chi connectivity index (χ3v) is 2.61. The number of methoxy groups -OCH3 is 1. The highest BCUT2D eigenvalue weighted by atomic mass is 16.5. The van der Waals surface area contributed by atoms with Crippen molar-refractivity contribution in [2.75, 3.05) is 7.11 Å². The Labute approximate surface area is 108 Å². The number of nitrogens with zero attached hydrogens (tertiary/aromatic N) is 3. The van der Waals surface area contributed by atoms with Crippen molar-refractivity contribution >= 4 is 11.9 Å².